The first-order chi connectivity index (χ1) is 16.3. The Morgan fingerprint density at radius 3 is 2.29 bits per heavy atom. The lowest BCUT2D eigenvalue weighted by atomic mass is 9.83. The summed E-state index contributed by atoms with van der Waals surface area (Å²) in [7, 11) is 0. The Morgan fingerprint density at radius 2 is 1.71 bits per heavy atom. The number of hydrogen-bond donors (Lipinski definition) is 1. The number of nitrogen functional groups attached to an aromatic ring is 1. The minimum atomic E-state index is -0.661. The van der Waals surface area contributed by atoms with Crippen molar-refractivity contribution in [2.45, 2.75) is 38.5 Å². The van der Waals surface area contributed by atoms with Crippen LogP contribution in [0.3, 0.4) is 0 Å². The van der Waals surface area contributed by atoms with Crippen LogP contribution in [0.15, 0.2) is 84.6 Å². The number of anilines is 1. The second kappa shape index (κ2) is 8.45. The molecule has 2 atom stereocenters. The molecule has 172 valence electrons. The van der Waals surface area contributed by atoms with E-state index in [1.165, 1.54) is 0 Å². The van der Waals surface area contributed by atoms with Crippen LogP contribution in [0.2, 0.25) is 0 Å². The number of nitrogens with zero attached hydrogens (tertiary/aromatic N) is 2. The van der Waals surface area contributed by atoms with Gasteiger partial charge in [0, 0.05) is 17.5 Å². The number of benzene rings is 2. The second-order valence-corrected chi connectivity index (χ2v) is 9.58. The zero-order chi connectivity index (χ0) is 23.9. The van der Waals surface area contributed by atoms with Gasteiger partial charge in [0.2, 0.25) is 0 Å². The van der Waals surface area contributed by atoms with E-state index in [1.54, 1.807) is 29.3 Å². The lowest BCUT2D eigenvalue weighted by Gasteiger charge is -2.41. The molecule has 2 aliphatic rings. The number of nitrogens with two attached hydrogens (primary N) is 1. The van der Waals surface area contributed by atoms with Crippen molar-refractivity contribution in [3.05, 3.63) is 101 Å². The molecule has 3 aromatic rings. The van der Waals surface area contributed by atoms with Crippen molar-refractivity contribution in [1.29, 1.82) is 0 Å². The molecule has 2 aliphatic heterocycles. The van der Waals surface area contributed by atoms with Gasteiger partial charge in [0.05, 0.1) is 11.7 Å². The number of carbonyl (C=O) groups excluding carboxylic acids is 2. The second-order valence-electron chi connectivity index (χ2n) is 9.58. The molecule has 5 rings (SSSR count). The molecule has 1 unspecified atom stereocenters. The molecule has 1 aromatic heterocycles. The van der Waals surface area contributed by atoms with Gasteiger partial charge in [-0.05, 0) is 41.2 Å². The lowest BCUT2D eigenvalue weighted by molar-refractivity contribution is -0.162. The molecule has 2 aromatic carbocycles. The molecule has 2 saturated heterocycles. The van der Waals surface area contributed by atoms with Crippen LogP contribution in [-0.2, 0) is 14.3 Å². The molecule has 3 heterocycles. The van der Waals surface area contributed by atoms with Crippen LogP contribution in [0.5, 0.6) is 0 Å². The van der Waals surface area contributed by atoms with Crippen LogP contribution in [0.4, 0.5) is 5.69 Å². The minimum absolute atomic E-state index is 0.143. The summed E-state index contributed by atoms with van der Waals surface area (Å²) in [5.74, 6) is -0.544. The number of ether oxygens (including phenoxy) is 1. The largest absolute Gasteiger partial charge is 0.451 e. The number of hydrogen-bond acceptors (Lipinski definition) is 5. The van der Waals surface area contributed by atoms with Crippen LogP contribution in [-0.4, -0.2) is 33.8 Å². The van der Waals surface area contributed by atoms with Crippen molar-refractivity contribution in [2.24, 2.45) is 5.41 Å². The third-order valence-corrected chi connectivity index (χ3v) is 6.68. The number of β-lactam (4-membered cyclic amide) rings is 1. The summed E-state index contributed by atoms with van der Waals surface area (Å²) in [6.45, 7) is 4.03. The van der Waals surface area contributed by atoms with E-state index >= 15 is 0 Å². The van der Waals surface area contributed by atoms with E-state index in [4.69, 9.17) is 10.5 Å². The zero-order valence-electron chi connectivity index (χ0n) is 19.2. The van der Waals surface area contributed by atoms with E-state index in [1.807, 2.05) is 74.5 Å². The zero-order valence-corrected chi connectivity index (χ0v) is 19.2. The highest BCUT2D eigenvalue weighted by molar-refractivity contribution is 6.08. The van der Waals surface area contributed by atoms with Crippen LogP contribution in [0, 0.1) is 5.41 Å². The van der Waals surface area contributed by atoms with Crippen molar-refractivity contribution >= 4 is 23.6 Å². The molecule has 6 nitrogen and oxygen atoms in total. The number of esters is 1. The van der Waals surface area contributed by atoms with Crippen LogP contribution < -0.4 is 5.73 Å². The van der Waals surface area contributed by atoms with E-state index in [2.05, 4.69) is 4.98 Å². The fourth-order valence-corrected chi connectivity index (χ4v) is 5.07. The van der Waals surface area contributed by atoms with Gasteiger partial charge < -0.3 is 15.4 Å². The highest BCUT2D eigenvalue weighted by Gasteiger charge is 2.61. The van der Waals surface area contributed by atoms with Crippen molar-refractivity contribution < 1.29 is 14.3 Å². The summed E-state index contributed by atoms with van der Waals surface area (Å²) < 4.78 is 6.13. The highest BCUT2D eigenvalue weighted by atomic mass is 16.5. The van der Waals surface area contributed by atoms with Gasteiger partial charge >= 0.3 is 5.97 Å². The third-order valence-electron chi connectivity index (χ3n) is 6.68. The molecule has 34 heavy (non-hydrogen) atoms. The average molecular weight is 454 g/mol. The summed E-state index contributed by atoms with van der Waals surface area (Å²) >= 11 is 0. The average Bonchev–Trinajstić information content (AvgIpc) is 3.10. The molecule has 0 radical (unpaired) electrons. The Bertz CT molecular complexity index is 1210. The standard InChI is InChI=1S/C28H27N3O3/c1-28(2)17-23-22(16-21-15-20(29)13-14-30-21)26(32)31(23)25(28)27(33)34-24(18-9-5-3-6-10-18)19-11-7-4-8-12-19/h3-16,23-25H,17H2,1-2H3,(H2,29,30)/b22-16+/t23?,25-/m0/s1. The first-order valence-electron chi connectivity index (χ1n) is 11.4. The number of carbonyl (C=O) groups is 2. The van der Waals surface area contributed by atoms with E-state index in [0.717, 1.165) is 11.1 Å². The molecule has 0 spiro atoms. The van der Waals surface area contributed by atoms with Gasteiger partial charge in [-0.15, -0.1) is 0 Å². The molecule has 0 bridgehead atoms. The Hall–Kier alpha value is -3.93. The molecular weight excluding hydrogens is 426 g/mol. The van der Waals surface area contributed by atoms with Crippen molar-refractivity contribution in [3.63, 3.8) is 0 Å². The first kappa shape index (κ1) is 21.9. The molecular formula is C28H27N3O3. The Labute approximate surface area is 199 Å². The summed E-state index contributed by atoms with van der Waals surface area (Å²) in [4.78, 5) is 32.7. The molecule has 6 heteroatoms. The summed E-state index contributed by atoms with van der Waals surface area (Å²) in [6, 6.07) is 22.0. The van der Waals surface area contributed by atoms with Crippen LogP contribution >= 0.6 is 0 Å². The number of aromatic nitrogens is 1. The van der Waals surface area contributed by atoms with Gasteiger partial charge in [-0.3, -0.25) is 9.78 Å². The molecule has 0 aliphatic carbocycles. The SMILES string of the molecule is CC1(C)CC2/C(=C\c3cc(N)ccn3)C(=O)N2[C@H]1C(=O)OC(c1ccccc1)c1ccccc1. The number of amides is 1. The van der Waals surface area contributed by atoms with Gasteiger partial charge in [-0.25, -0.2) is 4.79 Å². The molecule has 1 amide bonds. The predicted molar refractivity (Wildman–Crippen MR) is 130 cm³/mol. The van der Waals surface area contributed by atoms with Crippen molar-refractivity contribution in [3.8, 4) is 0 Å². The van der Waals surface area contributed by atoms with Gasteiger partial charge in [0.15, 0.2) is 6.10 Å². The maximum Gasteiger partial charge on any atom is 0.330 e. The lowest BCUT2D eigenvalue weighted by Crippen LogP contribution is -2.58. The Balaban J connectivity index is 1.42. The fraction of sp³-hybridized carbons (Fsp3) is 0.250. The fourth-order valence-electron chi connectivity index (χ4n) is 5.07. The number of rotatable bonds is 5. The maximum absolute atomic E-state index is 13.6. The number of fused-ring (bicyclic) bond motifs is 1. The predicted octanol–water partition coefficient (Wildman–Crippen LogP) is 4.39. The smallest absolute Gasteiger partial charge is 0.330 e. The normalized spacial score (nSPS) is 21.9. The van der Waals surface area contributed by atoms with E-state index in [9.17, 15) is 9.59 Å². The van der Waals surface area contributed by atoms with Gasteiger partial charge in [-0.1, -0.05) is 74.5 Å². The van der Waals surface area contributed by atoms with Gasteiger partial charge in [0.25, 0.3) is 5.91 Å². The molecule has 0 saturated carbocycles. The van der Waals surface area contributed by atoms with Crippen LogP contribution in [0.1, 0.15) is 43.2 Å². The Kier molecular flexibility index (Phi) is 5.44. The van der Waals surface area contributed by atoms with E-state index < -0.39 is 17.6 Å². The van der Waals surface area contributed by atoms with Gasteiger partial charge in [-0.2, -0.15) is 0 Å². The Morgan fingerprint density at radius 1 is 1.09 bits per heavy atom. The quantitative estimate of drug-likeness (QED) is 0.352. The molecule has 2 N–H and O–H groups in total. The first-order valence-corrected chi connectivity index (χ1v) is 11.4. The van der Waals surface area contributed by atoms with E-state index in [0.29, 0.717) is 23.4 Å². The summed E-state index contributed by atoms with van der Waals surface area (Å²) in [5.41, 5.74) is 9.08. The van der Waals surface area contributed by atoms with Gasteiger partial charge in [0.1, 0.15) is 6.04 Å². The van der Waals surface area contributed by atoms with Crippen LogP contribution in [0.25, 0.3) is 6.08 Å². The molecule has 2 fully saturated rings. The topological polar surface area (TPSA) is 85.5 Å². The third kappa shape index (κ3) is 3.85. The summed E-state index contributed by atoms with van der Waals surface area (Å²) in [5, 5.41) is 0. The minimum Gasteiger partial charge on any atom is -0.451 e. The summed E-state index contributed by atoms with van der Waals surface area (Å²) in [6.07, 6.45) is 3.52. The van der Waals surface area contributed by atoms with Crippen molar-refractivity contribution in [1.82, 2.24) is 9.88 Å². The number of pyridine rings is 1. The highest BCUT2D eigenvalue weighted by Crippen LogP contribution is 2.50. The maximum atomic E-state index is 13.6. The van der Waals surface area contributed by atoms with Crippen molar-refractivity contribution in [2.75, 3.05) is 5.73 Å². The monoisotopic (exact) mass is 453 g/mol. The van der Waals surface area contributed by atoms with E-state index in [-0.39, 0.29) is 17.9 Å².